The van der Waals surface area contributed by atoms with E-state index in [0.29, 0.717) is 17.1 Å². The summed E-state index contributed by atoms with van der Waals surface area (Å²) in [5.41, 5.74) is 0.766. The van der Waals surface area contributed by atoms with Gasteiger partial charge in [0.15, 0.2) is 0 Å². The molecule has 1 saturated carbocycles. The number of rotatable bonds is 4. The number of nitrogens with zero attached hydrogens (tertiary/aromatic N) is 4. The second-order valence-corrected chi connectivity index (χ2v) is 7.30. The van der Waals surface area contributed by atoms with E-state index in [4.69, 9.17) is 11.6 Å². The molecule has 0 spiro atoms. The summed E-state index contributed by atoms with van der Waals surface area (Å²) in [5, 5.41) is 3.60. The number of carbonyl (C=O) groups is 1. The van der Waals surface area contributed by atoms with Gasteiger partial charge in [0.05, 0.1) is 0 Å². The fraction of sp³-hybridized carbons (Fsp3) is 0.421. The minimum absolute atomic E-state index is 0.0502. The first-order chi connectivity index (χ1) is 12.7. The fourth-order valence-electron chi connectivity index (χ4n) is 3.54. The highest BCUT2D eigenvalue weighted by Gasteiger charge is 2.37. The lowest BCUT2D eigenvalue weighted by Crippen LogP contribution is -2.49. The molecule has 6 nitrogen and oxygen atoms in total. The minimum atomic E-state index is -0.0502. The number of nitrogens with one attached hydrogen (secondary N) is 1. The predicted molar refractivity (Wildman–Crippen MR) is 103 cm³/mol. The van der Waals surface area contributed by atoms with E-state index in [0.717, 1.165) is 37.4 Å². The van der Waals surface area contributed by atoms with E-state index < -0.39 is 0 Å². The van der Waals surface area contributed by atoms with E-state index in [1.807, 2.05) is 23.1 Å². The summed E-state index contributed by atoms with van der Waals surface area (Å²) >= 11 is 5.89. The first kappa shape index (κ1) is 17.1. The number of urea groups is 1. The minimum Gasteiger partial charge on any atom is -0.350 e. The van der Waals surface area contributed by atoms with Crippen molar-refractivity contribution in [1.29, 1.82) is 0 Å². The Kier molecular flexibility index (Phi) is 4.93. The molecular weight excluding hydrogens is 350 g/mol. The maximum absolute atomic E-state index is 12.5. The zero-order valence-corrected chi connectivity index (χ0v) is 15.3. The highest BCUT2D eigenvalue weighted by Crippen LogP contribution is 2.35. The molecule has 2 aromatic rings. The van der Waals surface area contributed by atoms with Gasteiger partial charge in [-0.2, -0.15) is 0 Å². The van der Waals surface area contributed by atoms with Crippen molar-refractivity contribution in [3.05, 3.63) is 47.9 Å². The molecule has 26 heavy (non-hydrogen) atoms. The third-order valence-corrected chi connectivity index (χ3v) is 5.26. The van der Waals surface area contributed by atoms with E-state index in [2.05, 4.69) is 20.2 Å². The van der Waals surface area contributed by atoms with Gasteiger partial charge in [0.2, 0.25) is 0 Å². The molecule has 0 bridgehead atoms. The zero-order valence-electron chi connectivity index (χ0n) is 14.5. The van der Waals surface area contributed by atoms with Crippen molar-refractivity contribution in [3.63, 3.8) is 0 Å². The van der Waals surface area contributed by atoms with Crippen LogP contribution in [0.15, 0.2) is 42.9 Å². The van der Waals surface area contributed by atoms with Crippen molar-refractivity contribution in [2.45, 2.75) is 37.8 Å². The second kappa shape index (κ2) is 7.50. The van der Waals surface area contributed by atoms with Crippen molar-refractivity contribution >= 4 is 29.1 Å². The molecule has 1 aliphatic carbocycles. The molecule has 2 aliphatic rings. The SMILES string of the molecule is O=C(Nc1ccc(Cl)cc1)N1CCC(N(c2ccncn2)C2CC2)CC1. The predicted octanol–water partition coefficient (Wildman–Crippen LogP) is 3.80. The Morgan fingerprint density at radius 1 is 1.08 bits per heavy atom. The molecule has 2 fully saturated rings. The molecular formula is C19H22ClN5O. The van der Waals surface area contributed by atoms with Crippen molar-refractivity contribution in [2.75, 3.05) is 23.3 Å². The van der Waals surface area contributed by atoms with Gasteiger partial charge >= 0.3 is 6.03 Å². The first-order valence-corrected chi connectivity index (χ1v) is 9.44. The Bertz CT molecular complexity index is 742. The highest BCUT2D eigenvalue weighted by molar-refractivity contribution is 6.30. The second-order valence-electron chi connectivity index (χ2n) is 6.86. The van der Waals surface area contributed by atoms with Crippen LogP contribution in [0.25, 0.3) is 0 Å². The van der Waals surface area contributed by atoms with Gasteiger partial charge in [-0.3, -0.25) is 0 Å². The average molecular weight is 372 g/mol. The maximum Gasteiger partial charge on any atom is 0.321 e. The standard InChI is InChI=1S/C19H22ClN5O/c20-14-1-3-15(4-2-14)23-19(26)24-11-8-17(9-12-24)25(16-5-6-16)18-7-10-21-13-22-18/h1-4,7,10,13,16-17H,5-6,8-9,11-12H2,(H,23,26). The maximum atomic E-state index is 12.5. The number of halogens is 1. The van der Waals surface area contributed by atoms with Crippen LogP contribution >= 0.6 is 11.6 Å². The number of likely N-dealkylation sites (tertiary alicyclic amines) is 1. The van der Waals surface area contributed by atoms with Gasteiger partial charge in [-0.25, -0.2) is 14.8 Å². The Morgan fingerprint density at radius 3 is 2.38 bits per heavy atom. The molecule has 1 N–H and O–H groups in total. The fourth-order valence-corrected chi connectivity index (χ4v) is 3.67. The lowest BCUT2D eigenvalue weighted by molar-refractivity contribution is 0.193. The van der Waals surface area contributed by atoms with Crippen LogP contribution < -0.4 is 10.2 Å². The lowest BCUT2D eigenvalue weighted by atomic mass is 10.0. The van der Waals surface area contributed by atoms with Crippen LogP contribution in [-0.2, 0) is 0 Å². The zero-order chi connectivity index (χ0) is 17.9. The molecule has 7 heteroatoms. The van der Waals surface area contributed by atoms with Gasteiger partial charge in [-0.05, 0) is 56.0 Å². The van der Waals surface area contributed by atoms with E-state index in [9.17, 15) is 4.79 Å². The molecule has 136 valence electrons. The van der Waals surface area contributed by atoms with Crippen molar-refractivity contribution in [1.82, 2.24) is 14.9 Å². The molecule has 1 aromatic carbocycles. The smallest absolute Gasteiger partial charge is 0.321 e. The van der Waals surface area contributed by atoms with Gasteiger partial charge < -0.3 is 15.1 Å². The summed E-state index contributed by atoms with van der Waals surface area (Å²) in [6, 6.07) is 10.1. The van der Waals surface area contributed by atoms with E-state index in [1.165, 1.54) is 12.8 Å². The molecule has 1 saturated heterocycles. The summed E-state index contributed by atoms with van der Waals surface area (Å²) in [4.78, 5) is 25.3. The molecule has 1 aliphatic heterocycles. The molecule has 2 amide bonds. The molecule has 1 aromatic heterocycles. The summed E-state index contributed by atoms with van der Waals surface area (Å²) in [6.45, 7) is 1.50. The molecule has 0 radical (unpaired) electrons. The summed E-state index contributed by atoms with van der Waals surface area (Å²) in [5.74, 6) is 1.01. The number of benzene rings is 1. The lowest BCUT2D eigenvalue weighted by Gasteiger charge is -2.39. The van der Waals surface area contributed by atoms with Crippen LogP contribution in [0, 0.1) is 0 Å². The van der Waals surface area contributed by atoms with Gasteiger partial charge in [-0.1, -0.05) is 11.6 Å². The first-order valence-electron chi connectivity index (χ1n) is 9.06. The van der Waals surface area contributed by atoms with Gasteiger partial charge in [0.25, 0.3) is 0 Å². The number of anilines is 2. The van der Waals surface area contributed by atoms with Gasteiger partial charge in [0, 0.05) is 42.1 Å². The van der Waals surface area contributed by atoms with Crippen LogP contribution in [0.4, 0.5) is 16.3 Å². The Labute approximate surface area is 158 Å². The third kappa shape index (κ3) is 3.90. The normalized spacial score (nSPS) is 17.8. The topological polar surface area (TPSA) is 61.4 Å². The Balaban J connectivity index is 1.36. The molecule has 0 unspecified atom stereocenters. The van der Waals surface area contributed by atoms with Crippen LogP contribution in [0.2, 0.25) is 5.02 Å². The van der Waals surface area contributed by atoms with Crippen molar-refractivity contribution in [2.24, 2.45) is 0 Å². The number of piperidine rings is 1. The number of carbonyl (C=O) groups excluding carboxylic acids is 1. The highest BCUT2D eigenvalue weighted by atomic mass is 35.5. The van der Waals surface area contributed by atoms with E-state index >= 15 is 0 Å². The van der Waals surface area contributed by atoms with Crippen molar-refractivity contribution < 1.29 is 4.79 Å². The molecule has 0 atom stereocenters. The Morgan fingerprint density at radius 2 is 1.77 bits per heavy atom. The summed E-state index contributed by atoms with van der Waals surface area (Å²) in [7, 11) is 0. The van der Waals surface area contributed by atoms with Crippen LogP contribution in [-0.4, -0.2) is 46.1 Å². The van der Waals surface area contributed by atoms with Crippen LogP contribution in [0.3, 0.4) is 0 Å². The van der Waals surface area contributed by atoms with Crippen molar-refractivity contribution in [3.8, 4) is 0 Å². The van der Waals surface area contributed by atoms with Gasteiger partial charge in [-0.15, -0.1) is 0 Å². The molecule has 2 heterocycles. The van der Waals surface area contributed by atoms with E-state index in [-0.39, 0.29) is 6.03 Å². The number of amides is 2. The summed E-state index contributed by atoms with van der Waals surface area (Å²) in [6.07, 6.45) is 7.76. The third-order valence-electron chi connectivity index (χ3n) is 5.01. The number of hydrogen-bond acceptors (Lipinski definition) is 4. The van der Waals surface area contributed by atoms with Gasteiger partial charge in [0.1, 0.15) is 12.1 Å². The monoisotopic (exact) mass is 371 g/mol. The largest absolute Gasteiger partial charge is 0.350 e. The average Bonchev–Trinajstić information content (AvgIpc) is 3.50. The van der Waals surface area contributed by atoms with Crippen LogP contribution in [0.1, 0.15) is 25.7 Å². The van der Waals surface area contributed by atoms with E-state index in [1.54, 1.807) is 24.7 Å². The quantitative estimate of drug-likeness (QED) is 0.888. The van der Waals surface area contributed by atoms with Crippen LogP contribution in [0.5, 0.6) is 0 Å². The summed E-state index contributed by atoms with van der Waals surface area (Å²) < 4.78 is 0. The number of hydrogen-bond donors (Lipinski definition) is 1. The Hall–Kier alpha value is -2.34. The molecule has 4 rings (SSSR count). The number of aromatic nitrogens is 2.